The SMILES string of the molecule is CCCCCCCCCCCCCCCCCCCc1cc(CCCCCCCCCCCCCCCCCCC)nc(CC)n1. The smallest absolute Gasteiger partial charge is 0.128 e. The molecule has 46 heavy (non-hydrogen) atoms. The number of aryl methyl sites for hydroxylation is 3. The lowest BCUT2D eigenvalue weighted by molar-refractivity contribution is 0.526. The lowest BCUT2D eigenvalue weighted by Gasteiger charge is -2.08. The predicted octanol–water partition coefficient (Wildman–Crippen LogP) is 15.4. The third-order valence-corrected chi connectivity index (χ3v) is 10.3. The monoisotopic (exact) mass is 641 g/mol. The second-order valence-corrected chi connectivity index (χ2v) is 14.9. The Balaban J connectivity index is 1.95. The molecule has 0 aliphatic heterocycles. The summed E-state index contributed by atoms with van der Waals surface area (Å²) < 4.78 is 0. The first-order valence-corrected chi connectivity index (χ1v) is 21.7. The fourth-order valence-electron chi connectivity index (χ4n) is 7.09. The van der Waals surface area contributed by atoms with Gasteiger partial charge in [-0.2, -0.15) is 0 Å². The predicted molar refractivity (Wildman–Crippen MR) is 207 cm³/mol. The van der Waals surface area contributed by atoms with E-state index in [0.29, 0.717) is 0 Å². The highest BCUT2D eigenvalue weighted by Crippen LogP contribution is 2.17. The van der Waals surface area contributed by atoms with Gasteiger partial charge in [-0.15, -0.1) is 0 Å². The molecule has 270 valence electrons. The third-order valence-electron chi connectivity index (χ3n) is 10.3. The number of unbranched alkanes of at least 4 members (excludes halogenated alkanes) is 32. The average molecular weight is 641 g/mol. The van der Waals surface area contributed by atoms with Gasteiger partial charge in [0.2, 0.25) is 0 Å². The van der Waals surface area contributed by atoms with Gasteiger partial charge in [-0.1, -0.05) is 226 Å². The second kappa shape index (κ2) is 35.4. The molecule has 0 N–H and O–H groups in total. The fraction of sp³-hybridized carbons (Fsp3) is 0.909. The normalized spacial score (nSPS) is 11.5. The van der Waals surface area contributed by atoms with Crippen LogP contribution in [0.1, 0.15) is 256 Å². The van der Waals surface area contributed by atoms with Crippen LogP contribution in [0.4, 0.5) is 0 Å². The van der Waals surface area contributed by atoms with Gasteiger partial charge in [0.25, 0.3) is 0 Å². The maximum absolute atomic E-state index is 4.88. The molecule has 0 radical (unpaired) electrons. The molecule has 0 atom stereocenters. The highest BCUT2D eigenvalue weighted by molar-refractivity contribution is 5.12. The molecule has 1 heterocycles. The lowest BCUT2D eigenvalue weighted by atomic mass is 10.0. The van der Waals surface area contributed by atoms with E-state index in [0.717, 1.165) is 25.1 Å². The van der Waals surface area contributed by atoms with Crippen LogP contribution in [-0.4, -0.2) is 9.97 Å². The summed E-state index contributed by atoms with van der Waals surface area (Å²) in [4.78, 5) is 9.76. The molecule has 0 aliphatic carbocycles. The molecular weight excluding hydrogens is 556 g/mol. The van der Waals surface area contributed by atoms with E-state index in [2.05, 4.69) is 26.8 Å². The van der Waals surface area contributed by atoms with Crippen LogP contribution in [0.2, 0.25) is 0 Å². The van der Waals surface area contributed by atoms with Crippen molar-refractivity contribution < 1.29 is 0 Å². The number of hydrogen-bond acceptors (Lipinski definition) is 2. The van der Waals surface area contributed by atoms with Crippen molar-refractivity contribution in [2.75, 3.05) is 0 Å². The molecule has 1 aromatic heterocycles. The lowest BCUT2D eigenvalue weighted by Crippen LogP contribution is -2.03. The van der Waals surface area contributed by atoms with Crippen LogP contribution >= 0.6 is 0 Å². The Kier molecular flexibility index (Phi) is 33.2. The molecule has 0 unspecified atom stereocenters. The Morgan fingerprint density at radius 3 is 0.739 bits per heavy atom. The molecule has 1 aromatic rings. The summed E-state index contributed by atoms with van der Waals surface area (Å²) in [5.41, 5.74) is 2.60. The first kappa shape index (κ1) is 43.1. The minimum absolute atomic E-state index is 0.957. The van der Waals surface area contributed by atoms with E-state index in [1.54, 1.807) is 0 Å². The van der Waals surface area contributed by atoms with Gasteiger partial charge in [-0.3, -0.25) is 0 Å². The Bertz CT molecular complexity index is 672. The van der Waals surface area contributed by atoms with Crippen LogP contribution in [0.25, 0.3) is 0 Å². The van der Waals surface area contributed by atoms with Crippen molar-refractivity contribution in [2.45, 2.75) is 258 Å². The molecule has 0 amide bonds. The molecule has 0 saturated carbocycles. The number of nitrogens with zero attached hydrogens (tertiary/aromatic N) is 2. The van der Waals surface area contributed by atoms with E-state index in [1.807, 2.05) is 0 Å². The van der Waals surface area contributed by atoms with Gasteiger partial charge in [0.05, 0.1) is 0 Å². The minimum atomic E-state index is 0.957. The Morgan fingerprint density at radius 2 is 0.522 bits per heavy atom. The summed E-state index contributed by atoms with van der Waals surface area (Å²) in [6.45, 7) is 6.81. The quantitative estimate of drug-likeness (QED) is 0.0676. The molecule has 0 aliphatic rings. The molecule has 0 fully saturated rings. The van der Waals surface area contributed by atoms with Crippen LogP contribution in [-0.2, 0) is 19.3 Å². The van der Waals surface area contributed by atoms with Gasteiger partial charge >= 0.3 is 0 Å². The number of aromatic nitrogens is 2. The third kappa shape index (κ3) is 29.2. The first-order valence-electron chi connectivity index (χ1n) is 21.7. The number of rotatable bonds is 37. The zero-order valence-corrected chi connectivity index (χ0v) is 32.1. The van der Waals surface area contributed by atoms with Gasteiger partial charge in [0.1, 0.15) is 5.82 Å². The van der Waals surface area contributed by atoms with E-state index < -0.39 is 0 Å². The molecule has 0 spiro atoms. The van der Waals surface area contributed by atoms with Crippen molar-refractivity contribution in [2.24, 2.45) is 0 Å². The zero-order valence-electron chi connectivity index (χ0n) is 32.1. The Morgan fingerprint density at radius 1 is 0.304 bits per heavy atom. The van der Waals surface area contributed by atoms with Gasteiger partial charge in [-0.25, -0.2) is 9.97 Å². The molecule has 0 aromatic carbocycles. The van der Waals surface area contributed by atoms with E-state index in [1.165, 1.54) is 230 Å². The van der Waals surface area contributed by atoms with E-state index in [4.69, 9.17) is 9.97 Å². The molecular formula is C44H84N2. The van der Waals surface area contributed by atoms with Crippen molar-refractivity contribution in [3.63, 3.8) is 0 Å². The molecule has 2 heteroatoms. The van der Waals surface area contributed by atoms with Gasteiger partial charge < -0.3 is 0 Å². The van der Waals surface area contributed by atoms with Crippen LogP contribution in [0.5, 0.6) is 0 Å². The summed E-state index contributed by atoms with van der Waals surface area (Å²) >= 11 is 0. The van der Waals surface area contributed by atoms with E-state index >= 15 is 0 Å². The van der Waals surface area contributed by atoms with Crippen LogP contribution in [0, 0.1) is 0 Å². The van der Waals surface area contributed by atoms with Crippen molar-refractivity contribution in [3.05, 3.63) is 23.3 Å². The molecule has 1 rings (SSSR count). The number of hydrogen-bond donors (Lipinski definition) is 0. The molecule has 2 nitrogen and oxygen atoms in total. The summed E-state index contributed by atoms with van der Waals surface area (Å²) in [6.07, 6.45) is 51.9. The summed E-state index contributed by atoms with van der Waals surface area (Å²) in [5.74, 6) is 1.06. The minimum Gasteiger partial charge on any atom is -0.238 e. The Hall–Kier alpha value is -0.920. The Labute approximate surface area is 290 Å². The van der Waals surface area contributed by atoms with Gasteiger partial charge in [-0.05, 0) is 31.7 Å². The van der Waals surface area contributed by atoms with Crippen LogP contribution in [0.15, 0.2) is 6.07 Å². The van der Waals surface area contributed by atoms with E-state index in [-0.39, 0.29) is 0 Å². The van der Waals surface area contributed by atoms with Crippen LogP contribution < -0.4 is 0 Å². The average Bonchev–Trinajstić information content (AvgIpc) is 3.07. The zero-order chi connectivity index (χ0) is 33.0. The van der Waals surface area contributed by atoms with E-state index in [9.17, 15) is 0 Å². The molecule has 0 bridgehead atoms. The largest absolute Gasteiger partial charge is 0.238 e. The first-order chi connectivity index (χ1) is 22.8. The van der Waals surface area contributed by atoms with Gasteiger partial charge in [0, 0.05) is 17.8 Å². The van der Waals surface area contributed by atoms with Crippen molar-refractivity contribution in [3.8, 4) is 0 Å². The summed E-state index contributed by atoms with van der Waals surface area (Å²) in [7, 11) is 0. The standard InChI is InChI=1S/C44H84N2/c1-4-7-9-11-13-15-17-19-21-23-25-27-29-31-33-35-37-39-42-41-43(46-44(6-3)45-42)40-38-36-34-32-30-28-26-24-22-20-18-16-14-12-10-8-5-2/h41H,4-40H2,1-3H3. The van der Waals surface area contributed by atoms with Gasteiger partial charge in [0.15, 0.2) is 0 Å². The summed E-state index contributed by atoms with van der Waals surface area (Å²) in [5, 5.41) is 0. The van der Waals surface area contributed by atoms with Crippen molar-refractivity contribution in [1.82, 2.24) is 9.97 Å². The highest BCUT2D eigenvalue weighted by Gasteiger charge is 2.05. The highest BCUT2D eigenvalue weighted by atomic mass is 14.9. The topological polar surface area (TPSA) is 25.8 Å². The fourth-order valence-corrected chi connectivity index (χ4v) is 7.09. The van der Waals surface area contributed by atoms with Crippen molar-refractivity contribution >= 4 is 0 Å². The maximum atomic E-state index is 4.88. The second-order valence-electron chi connectivity index (χ2n) is 14.9. The summed E-state index contributed by atoms with van der Waals surface area (Å²) in [6, 6.07) is 2.33. The molecule has 0 saturated heterocycles. The maximum Gasteiger partial charge on any atom is 0.128 e. The van der Waals surface area contributed by atoms with Crippen molar-refractivity contribution in [1.29, 1.82) is 0 Å². The van der Waals surface area contributed by atoms with Crippen LogP contribution in [0.3, 0.4) is 0 Å².